The van der Waals surface area contributed by atoms with E-state index in [9.17, 15) is 20.2 Å². The van der Waals surface area contributed by atoms with Crippen molar-refractivity contribution in [2.24, 2.45) is 21.7 Å². The number of guanidine groups is 1. The van der Waals surface area contributed by atoms with Gasteiger partial charge in [-0.1, -0.05) is 0 Å². The SMILES string of the molecule is COc1ccc([N+](=O)[O-])c(C=NN=C(N)N)c1[N+](=O)[O-].Cl. The Morgan fingerprint density at radius 1 is 1.29 bits per heavy atom. The summed E-state index contributed by atoms with van der Waals surface area (Å²) in [5.74, 6) is -0.541. The molecule has 0 aliphatic rings. The molecule has 1 aromatic rings. The van der Waals surface area contributed by atoms with Crippen LogP contribution in [-0.4, -0.2) is 29.1 Å². The molecule has 0 saturated carbocycles. The summed E-state index contributed by atoms with van der Waals surface area (Å²) in [7, 11) is 1.20. The minimum absolute atomic E-state index is 0. The van der Waals surface area contributed by atoms with Gasteiger partial charge in [-0.15, -0.1) is 17.5 Å². The third-order valence-electron chi connectivity index (χ3n) is 2.12. The number of methoxy groups -OCH3 is 1. The van der Waals surface area contributed by atoms with E-state index in [1.54, 1.807) is 0 Å². The molecule has 0 spiro atoms. The lowest BCUT2D eigenvalue weighted by atomic mass is 10.1. The highest BCUT2D eigenvalue weighted by Crippen LogP contribution is 2.35. The predicted octanol–water partition coefficient (Wildman–Crippen LogP) is 0.541. The van der Waals surface area contributed by atoms with Gasteiger partial charge in [0.1, 0.15) is 0 Å². The number of nitrogens with zero attached hydrogens (tertiary/aromatic N) is 4. The number of nitrogens with two attached hydrogens (primary N) is 2. The molecule has 0 aliphatic heterocycles. The summed E-state index contributed by atoms with van der Waals surface area (Å²) in [6.07, 6.45) is 0.818. The van der Waals surface area contributed by atoms with Crippen LogP contribution in [0.25, 0.3) is 0 Å². The normalized spacial score (nSPS) is 9.76. The van der Waals surface area contributed by atoms with Gasteiger partial charge in [-0.05, 0) is 6.07 Å². The fraction of sp³-hybridized carbons (Fsp3) is 0.111. The fourth-order valence-corrected chi connectivity index (χ4v) is 1.37. The van der Waals surface area contributed by atoms with E-state index in [-0.39, 0.29) is 23.7 Å². The second-order valence-electron chi connectivity index (χ2n) is 3.33. The van der Waals surface area contributed by atoms with Crippen LogP contribution in [0.2, 0.25) is 0 Å². The maximum Gasteiger partial charge on any atom is 0.326 e. The largest absolute Gasteiger partial charge is 0.490 e. The summed E-state index contributed by atoms with van der Waals surface area (Å²) >= 11 is 0. The molecule has 0 amide bonds. The van der Waals surface area contributed by atoms with E-state index < -0.39 is 27.2 Å². The first-order valence-electron chi connectivity index (χ1n) is 5.00. The molecule has 0 heterocycles. The number of halogens is 1. The van der Waals surface area contributed by atoms with Crippen LogP contribution in [0.4, 0.5) is 11.4 Å². The van der Waals surface area contributed by atoms with Crippen molar-refractivity contribution >= 4 is 36.0 Å². The molecule has 0 aliphatic carbocycles. The Morgan fingerprint density at radius 2 is 1.90 bits per heavy atom. The quantitative estimate of drug-likeness (QED) is 0.345. The Morgan fingerprint density at radius 3 is 2.33 bits per heavy atom. The Labute approximate surface area is 124 Å². The number of benzene rings is 1. The van der Waals surface area contributed by atoms with Crippen molar-refractivity contribution in [2.45, 2.75) is 0 Å². The van der Waals surface area contributed by atoms with E-state index in [1.807, 2.05) is 0 Å². The van der Waals surface area contributed by atoms with Gasteiger partial charge in [0, 0.05) is 6.07 Å². The molecule has 0 saturated heterocycles. The molecule has 114 valence electrons. The molecule has 1 rings (SSSR count). The van der Waals surface area contributed by atoms with Gasteiger partial charge in [-0.3, -0.25) is 20.2 Å². The molecule has 0 bridgehead atoms. The van der Waals surface area contributed by atoms with Crippen molar-refractivity contribution in [3.8, 4) is 5.75 Å². The number of hydrogen-bond donors (Lipinski definition) is 2. The molecule has 12 heteroatoms. The van der Waals surface area contributed by atoms with Crippen LogP contribution in [-0.2, 0) is 0 Å². The predicted molar refractivity (Wildman–Crippen MR) is 77.0 cm³/mol. The highest BCUT2D eigenvalue weighted by atomic mass is 35.5. The second kappa shape index (κ2) is 7.59. The number of ether oxygens (including phenoxy) is 1. The molecule has 0 radical (unpaired) electrons. The Kier molecular flexibility index (Phi) is 6.53. The molecule has 0 aromatic heterocycles. The highest BCUT2D eigenvalue weighted by molar-refractivity contribution is 5.93. The van der Waals surface area contributed by atoms with Crippen molar-refractivity contribution in [1.29, 1.82) is 0 Å². The van der Waals surface area contributed by atoms with Gasteiger partial charge in [0.15, 0.2) is 11.3 Å². The van der Waals surface area contributed by atoms with Crippen LogP contribution in [0, 0.1) is 20.2 Å². The average Bonchev–Trinajstić information content (AvgIpc) is 2.36. The number of hydrogen-bond acceptors (Lipinski definition) is 7. The maximum atomic E-state index is 11.0. The van der Waals surface area contributed by atoms with Gasteiger partial charge in [-0.2, -0.15) is 5.10 Å². The van der Waals surface area contributed by atoms with Crippen molar-refractivity contribution in [1.82, 2.24) is 0 Å². The van der Waals surface area contributed by atoms with Gasteiger partial charge in [-0.25, -0.2) is 0 Å². The van der Waals surface area contributed by atoms with E-state index in [4.69, 9.17) is 16.2 Å². The van der Waals surface area contributed by atoms with Crippen molar-refractivity contribution < 1.29 is 14.6 Å². The zero-order valence-corrected chi connectivity index (χ0v) is 11.4. The first-order chi connectivity index (χ1) is 9.38. The van der Waals surface area contributed by atoms with E-state index in [0.29, 0.717) is 0 Å². The van der Waals surface area contributed by atoms with Gasteiger partial charge in [0.05, 0.1) is 23.2 Å². The van der Waals surface area contributed by atoms with Crippen LogP contribution in [0.3, 0.4) is 0 Å². The molecule has 0 atom stereocenters. The minimum atomic E-state index is -0.817. The van der Waals surface area contributed by atoms with E-state index >= 15 is 0 Å². The van der Waals surface area contributed by atoms with Crippen LogP contribution in [0.5, 0.6) is 5.75 Å². The molecule has 4 N–H and O–H groups in total. The standard InChI is InChI=1S/C9H10N6O5.ClH/c1-20-7-3-2-6(14(16)17)5(8(7)15(18)19)4-12-13-9(10)11;/h2-4H,1H3,(H4,10,11,13);1H. The molecule has 0 unspecified atom stereocenters. The van der Waals surface area contributed by atoms with Crippen molar-refractivity contribution in [2.75, 3.05) is 7.11 Å². The minimum Gasteiger partial charge on any atom is -0.490 e. The summed E-state index contributed by atoms with van der Waals surface area (Å²) in [5, 5.41) is 28.5. The lowest BCUT2D eigenvalue weighted by Crippen LogP contribution is -2.21. The maximum absolute atomic E-state index is 11.0. The zero-order valence-electron chi connectivity index (χ0n) is 10.6. The van der Waals surface area contributed by atoms with Crippen LogP contribution in [0.1, 0.15) is 5.56 Å². The van der Waals surface area contributed by atoms with Crippen molar-refractivity contribution in [3.63, 3.8) is 0 Å². The van der Waals surface area contributed by atoms with Crippen LogP contribution in [0.15, 0.2) is 22.3 Å². The molecule has 1 aromatic carbocycles. The first kappa shape index (κ1) is 18.0. The lowest BCUT2D eigenvalue weighted by Gasteiger charge is -2.04. The van der Waals surface area contributed by atoms with E-state index in [0.717, 1.165) is 18.3 Å². The topological polar surface area (TPSA) is 172 Å². The van der Waals surface area contributed by atoms with Gasteiger partial charge >= 0.3 is 5.69 Å². The van der Waals surface area contributed by atoms with Crippen LogP contribution >= 0.6 is 12.4 Å². The van der Waals surface area contributed by atoms with Crippen LogP contribution < -0.4 is 16.2 Å². The van der Waals surface area contributed by atoms with Crippen molar-refractivity contribution in [3.05, 3.63) is 37.9 Å². The third kappa shape index (κ3) is 4.28. The smallest absolute Gasteiger partial charge is 0.326 e. The summed E-state index contributed by atoms with van der Waals surface area (Å²) in [5.41, 5.74) is 8.57. The second-order valence-corrected chi connectivity index (χ2v) is 3.33. The number of nitro groups is 2. The van der Waals surface area contributed by atoms with E-state index in [1.165, 1.54) is 7.11 Å². The summed E-state index contributed by atoms with van der Waals surface area (Å²) in [6, 6.07) is 2.18. The Bertz CT molecular complexity index is 613. The van der Waals surface area contributed by atoms with Gasteiger partial charge in [0.25, 0.3) is 5.69 Å². The monoisotopic (exact) mass is 318 g/mol. The molecular formula is C9H11ClN6O5. The Balaban J connectivity index is 0.00000400. The third-order valence-corrected chi connectivity index (χ3v) is 2.12. The van der Waals surface area contributed by atoms with Gasteiger partial charge < -0.3 is 16.2 Å². The summed E-state index contributed by atoms with van der Waals surface area (Å²) < 4.78 is 4.80. The fourth-order valence-electron chi connectivity index (χ4n) is 1.37. The highest BCUT2D eigenvalue weighted by Gasteiger charge is 2.28. The zero-order chi connectivity index (χ0) is 15.3. The number of nitro benzene ring substituents is 2. The number of rotatable bonds is 5. The lowest BCUT2D eigenvalue weighted by molar-refractivity contribution is -0.394. The molecular weight excluding hydrogens is 308 g/mol. The Hall–Kier alpha value is -2.95. The van der Waals surface area contributed by atoms with E-state index in [2.05, 4.69) is 10.2 Å². The molecule has 11 nitrogen and oxygen atoms in total. The average molecular weight is 319 g/mol. The summed E-state index contributed by atoms with van der Waals surface area (Å²) in [4.78, 5) is 20.3. The first-order valence-corrected chi connectivity index (χ1v) is 5.00. The molecule has 21 heavy (non-hydrogen) atoms. The van der Waals surface area contributed by atoms with Gasteiger partial charge in [0.2, 0.25) is 5.96 Å². The summed E-state index contributed by atoms with van der Waals surface area (Å²) in [6.45, 7) is 0. The molecule has 0 fully saturated rings.